The van der Waals surface area contributed by atoms with E-state index in [4.69, 9.17) is 14.1 Å². The standard InChI is InChI=1S/C28H31N3O4/c1-4-30-14-16-31(17-15-30)25(21-12-8-9-13-29-21)24-23-22(28(33)34-5-2)18(3)35-27(23)20-11-7-6-10-19(20)26(24)32/h6-13,25,32H,4-5,14-17H2,1-3H3. The maximum absolute atomic E-state index is 13.2. The van der Waals surface area contributed by atoms with Crippen LogP contribution in [-0.4, -0.2) is 65.2 Å². The Morgan fingerprint density at radius 2 is 1.80 bits per heavy atom. The molecule has 0 amide bonds. The van der Waals surface area contributed by atoms with Gasteiger partial charge < -0.3 is 19.2 Å². The van der Waals surface area contributed by atoms with Crippen molar-refractivity contribution in [3.63, 3.8) is 0 Å². The van der Waals surface area contributed by atoms with Crippen LogP contribution in [-0.2, 0) is 4.74 Å². The largest absolute Gasteiger partial charge is 0.507 e. The Balaban J connectivity index is 1.83. The zero-order chi connectivity index (χ0) is 24.5. The Labute approximate surface area is 204 Å². The Hall–Kier alpha value is -3.42. The summed E-state index contributed by atoms with van der Waals surface area (Å²) in [6.07, 6.45) is 1.77. The molecule has 1 saturated heterocycles. The molecule has 0 bridgehead atoms. The summed E-state index contributed by atoms with van der Waals surface area (Å²) in [5, 5.41) is 13.8. The number of benzene rings is 2. The first-order valence-corrected chi connectivity index (χ1v) is 12.3. The van der Waals surface area contributed by atoms with Gasteiger partial charge in [-0.1, -0.05) is 37.3 Å². The first-order valence-electron chi connectivity index (χ1n) is 12.3. The van der Waals surface area contributed by atoms with Crippen LogP contribution in [0.3, 0.4) is 0 Å². The third-order valence-corrected chi connectivity index (χ3v) is 6.98. The van der Waals surface area contributed by atoms with Crippen LogP contribution in [0.25, 0.3) is 21.7 Å². The van der Waals surface area contributed by atoms with E-state index >= 15 is 0 Å². The topological polar surface area (TPSA) is 79.0 Å². The van der Waals surface area contributed by atoms with Gasteiger partial charge in [-0.05, 0) is 32.5 Å². The van der Waals surface area contributed by atoms with Crippen LogP contribution in [0.2, 0.25) is 0 Å². The maximum atomic E-state index is 13.2. The number of hydrogen-bond acceptors (Lipinski definition) is 7. The Bertz CT molecular complexity index is 1360. The second kappa shape index (κ2) is 9.68. The minimum absolute atomic E-state index is 0.146. The van der Waals surface area contributed by atoms with Crippen LogP contribution in [0.1, 0.15) is 47.3 Å². The number of hydrogen-bond donors (Lipinski definition) is 1. The molecule has 0 spiro atoms. The molecule has 0 saturated carbocycles. The van der Waals surface area contributed by atoms with E-state index in [1.807, 2.05) is 42.5 Å². The fraction of sp³-hybridized carbons (Fsp3) is 0.357. The zero-order valence-corrected chi connectivity index (χ0v) is 20.5. The molecule has 0 radical (unpaired) electrons. The summed E-state index contributed by atoms with van der Waals surface area (Å²) in [7, 11) is 0. The number of pyridine rings is 1. The number of rotatable bonds is 6. The lowest BCUT2D eigenvalue weighted by Gasteiger charge is -2.39. The second-order valence-electron chi connectivity index (χ2n) is 8.89. The molecule has 1 aliphatic heterocycles. The highest BCUT2D eigenvalue weighted by atomic mass is 16.5. The fourth-order valence-electron chi connectivity index (χ4n) is 5.25. The molecule has 2 aromatic carbocycles. The molecule has 0 aliphatic carbocycles. The molecule has 3 heterocycles. The quantitative estimate of drug-likeness (QED) is 0.399. The molecular formula is C28H31N3O4. The summed E-state index contributed by atoms with van der Waals surface area (Å²) in [6, 6.07) is 13.1. The van der Waals surface area contributed by atoms with Crippen LogP contribution in [0, 0.1) is 6.92 Å². The lowest BCUT2D eigenvalue weighted by atomic mass is 9.90. The van der Waals surface area contributed by atoms with Gasteiger partial charge in [0.25, 0.3) is 0 Å². The second-order valence-corrected chi connectivity index (χ2v) is 8.89. The number of carbonyl (C=O) groups excluding carboxylic acids is 1. The number of piperazine rings is 1. The highest BCUT2D eigenvalue weighted by Gasteiger charge is 2.35. The van der Waals surface area contributed by atoms with E-state index in [1.54, 1.807) is 20.0 Å². The monoisotopic (exact) mass is 473 g/mol. The molecular weight excluding hydrogens is 442 g/mol. The number of aryl methyl sites for hydroxylation is 1. The first kappa shape index (κ1) is 23.3. The summed E-state index contributed by atoms with van der Waals surface area (Å²) in [6.45, 7) is 10.5. The van der Waals surface area contributed by atoms with E-state index in [0.29, 0.717) is 33.2 Å². The van der Waals surface area contributed by atoms with Gasteiger partial charge >= 0.3 is 5.97 Å². The fourth-order valence-corrected chi connectivity index (χ4v) is 5.25. The predicted octanol–water partition coefficient (Wildman–Crippen LogP) is 4.90. The average Bonchev–Trinajstić information content (AvgIpc) is 3.24. The molecule has 1 atom stereocenters. The zero-order valence-electron chi connectivity index (χ0n) is 20.5. The number of carbonyl (C=O) groups is 1. The number of likely N-dealkylation sites (N-methyl/N-ethyl adjacent to an activating group) is 1. The van der Waals surface area contributed by atoms with Crippen molar-refractivity contribution in [2.75, 3.05) is 39.3 Å². The van der Waals surface area contributed by atoms with Gasteiger partial charge in [0.15, 0.2) is 0 Å². The van der Waals surface area contributed by atoms with Gasteiger partial charge in [0, 0.05) is 54.1 Å². The third kappa shape index (κ3) is 4.05. The molecule has 1 aliphatic rings. The minimum Gasteiger partial charge on any atom is -0.507 e. The van der Waals surface area contributed by atoms with E-state index < -0.39 is 5.97 Å². The van der Waals surface area contributed by atoms with Gasteiger partial charge in [-0.3, -0.25) is 9.88 Å². The highest BCUT2D eigenvalue weighted by molar-refractivity contribution is 6.16. The predicted molar refractivity (Wildman–Crippen MR) is 136 cm³/mol. The van der Waals surface area contributed by atoms with Gasteiger partial charge in [0.1, 0.15) is 22.7 Å². The van der Waals surface area contributed by atoms with Crippen molar-refractivity contribution in [1.82, 2.24) is 14.8 Å². The number of aromatic nitrogens is 1. The molecule has 5 rings (SSSR count). The van der Waals surface area contributed by atoms with Crippen molar-refractivity contribution < 1.29 is 19.1 Å². The molecule has 4 aromatic rings. The molecule has 7 heteroatoms. The Morgan fingerprint density at radius 1 is 1.09 bits per heavy atom. The Morgan fingerprint density at radius 3 is 2.46 bits per heavy atom. The Kier molecular flexibility index (Phi) is 6.45. The molecule has 1 N–H and O–H groups in total. The molecule has 182 valence electrons. The molecule has 1 unspecified atom stereocenters. The smallest absolute Gasteiger partial charge is 0.342 e. The summed E-state index contributed by atoms with van der Waals surface area (Å²) in [5.41, 5.74) is 2.41. The minimum atomic E-state index is -0.449. The van der Waals surface area contributed by atoms with Crippen LogP contribution in [0.15, 0.2) is 53.1 Å². The van der Waals surface area contributed by atoms with Crippen LogP contribution >= 0.6 is 0 Å². The molecule has 35 heavy (non-hydrogen) atoms. The number of ether oxygens (including phenoxy) is 1. The highest BCUT2D eigenvalue weighted by Crippen LogP contribution is 2.47. The summed E-state index contributed by atoms with van der Waals surface area (Å²) < 4.78 is 11.6. The number of fused-ring (bicyclic) bond motifs is 3. The van der Waals surface area contributed by atoms with Crippen LogP contribution in [0.4, 0.5) is 0 Å². The van der Waals surface area contributed by atoms with Crippen molar-refractivity contribution in [3.8, 4) is 5.75 Å². The van der Waals surface area contributed by atoms with Crippen LogP contribution in [0.5, 0.6) is 5.75 Å². The van der Waals surface area contributed by atoms with Crippen molar-refractivity contribution in [1.29, 1.82) is 0 Å². The van der Waals surface area contributed by atoms with E-state index in [9.17, 15) is 9.90 Å². The lowest BCUT2D eigenvalue weighted by Crippen LogP contribution is -2.47. The number of phenolic OH excluding ortho intramolecular Hbond substituents is 1. The normalized spacial score (nSPS) is 16.1. The molecule has 2 aromatic heterocycles. The van der Waals surface area contributed by atoms with E-state index in [-0.39, 0.29) is 18.4 Å². The summed E-state index contributed by atoms with van der Waals surface area (Å²) in [4.78, 5) is 22.6. The van der Waals surface area contributed by atoms with Gasteiger partial charge in [0.05, 0.1) is 18.3 Å². The number of furan rings is 1. The first-order chi connectivity index (χ1) is 17.0. The number of phenols is 1. The van der Waals surface area contributed by atoms with Crippen LogP contribution < -0.4 is 0 Å². The van der Waals surface area contributed by atoms with Gasteiger partial charge in [-0.25, -0.2) is 4.79 Å². The van der Waals surface area contributed by atoms with Crippen molar-refractivity contribution in [3.05, 3.63) is 71.2 Å². The SMILES string of the molecule is CCOC(=O)c1c(C)oc2c1c(C(c1ccccn1)N1CCN(CC)CC1)c(O)c1ccccc12. The summed E-state index contributed by atoms with van der Waals surface area (Å²) in [5.74, 6) is 0.175. The van der Waals surface area contributed by atoms with Gasteiger partial charge in [0.2, 0.25) is 0 Å². The lowest BCUT2D eigenvalue weighted by molar-refractivity contribution is 0.0526. The van der Waals surface area contributed by atoms with Crippen molar-refractivity contribution in [2.45, 2.75) is 26.8 Å². The summed E-state index contributed by atoms with van der Waals surface area (Å²) >= 11 is 0. The average molecular weight is 474 g/mol. The van der Waals surface area contributed by atoms with Crippen molar-refractivity contribution >= 4 is 27.7 Å². The van der Waals surface area contributed by atoms with Crippen molar-refractivity contribution in [2.24, 2.45) is 0 Å². The molecule has 1 fully saturated rings. The number of esters is 1. The number of aromatic hydroxyl groups is 1. The van der Waals surface area contributed by atoms with Gasteiger partial charge in [-0.15, -0.1) is 0 Å². The van der Waals surface area contributed by atoms with E-state index in [2.05, 4.69) is 16.7 Å². The number of nitrogens with zero attached hydrogens (tertiary/aromatic N) is 3. The molecule has 7 nitrogen and oxygen atoms in total. The third-order valence-electron chi connectivity index (χ3n) is 6.98. The maximum Gasteiger partial charge on any atom is 0.342 e. The van der Waals surface area contributed by atoms with E-state index in [1.165, 1.54) is 0 Å². The van der Waals surface area contributed by atoms with Gasteiger partial charge in [-0.2, -0.15) is 0 Å². The van der Waals surface area contributed by atoms with E-state index in [0.717, 1.165) is 43.8 Å².